The number of aromatic nitrogens is 2. The average Bonchev–Trinajstić information content (AvgIpc) is 2.75. The van der Waals surface area contributed by atoms with Crippen molar-refractivity contribution in [1.82, 2.24) is 9.97 Å². The molecule has 1 aromatic carbocycles. The van der Waals surface area contributed by atoms with Gasteiger partial charge in [0.25, 0.3) is 0 Å². The van der Waals surface area contributed by atoms with Gasteiger partial charge in [0.05, 0.1) is 16.9 Å². The summed E-state index contributed by atoms with van der Waals surface area (Å²) in [6.07, 6.45) is 1.81. The molecule has 2 aromatic heterocycles. The summed E-state index contributed by atoms with van der Waals surface area (Å²) in [5.74, 6) is 0. The quantitative estimate of drug-likeness (QED) is 0.742. The molecule has 3 aromatic rings. The van der Waals surface area contributed by atoms with Crippen LogP contribution in [-0.4, -0.2) is 9.97 Å². The molecule has 0 aliphatic rings. The van der Waals surface area contributed by atoms with Gasteiger partial charge in [0, 0.05) is 17.0 Å². The van der Waals surface area contributed by atoms with Crippen LogP contribution < -0.4 is 5.32 Å². The molecular formula is C13H11N3S. The number of thiazole rings is 1. The third-order valence-electron chi connectivity index (χ3n) is 2.49. The van der Waals surface area contributed by atoms with E-state index in [1.54, 1.807) is 17.5 Å². The molecule has 0 spiro atoms. The molecule has 4 heteroatoms. The molecule has 0 aliphatic heterocycles. The maximum Gasteiger partial charge on any atom is 0.187 e. The Morgan fingerprint density at radius 3 is 2.88 bits per heavy atom. The molecule has 2 heterocycles. The number of anilines is 2. The van der Waals surface area contributed by atoms with E-state index in [-0.39, 0.29) is 0 Å². The summed E-state index contributed by atoms with van der Waals surface area (Å²) in [5.41, 5.74) is 3.01. The van der Waals surface area contributed by atoms with E-state index in [0.29, 0.717) is 0 Å². The maximum atomic E-state index is 4.40. The number of pyridine rings is 1. The van der Waals surface area contributed by atoms with Crippen molar-refractivity contribution in [3.63, 3.8) is 0 Å². The fraction of sp³-hybridized carbons (Fsp3) is 0.0769. The molecule has 0 amide bonds. The van der Waals surface area contributed by atoms with Gasteiger partial charge in [0.15, 0.2) is 5.13 Å². The van der Waals surface area contributed by atoms with Crippen molar-refractivity contribution in [1.29, 1.82) is 0 Å². The van der Waals surface area contributed by atoms with E-state index in [0.717, 1.165) is 27.4 Å². The molecule has 3 nitrogen and oxygen atoms in total. The van der Waals surface area contributed by atoms with Crippen LogP contribution in [0.3, 0.4) is 0 Å². The topological polar surface area (TPSA) is 37.8 Å². The zero-order chi connectivity index (χ0) is 11.7. The van der Waals surface area contributed by atoms with E-state index in [1.807, 2.05) is 30.5 Å². The second-order valence-electron chi connectivity index (χ2n) is 3.80. The molecule has 17 heavy (non-hydrogen) atoms. The van der Waals surface area contributed by atoms with Gasteiger partial charge in [0.1, 0.15) is 0 Å². The number of hydrogen-bond acceptors (Lipinski definition) is 4. The van der Waals surface area contributed by atoms with Crippen LogP contribution in [0.5, 0.6) is 0 Å². The van der Waals surface area contributed by atoms with Crippen LogP contribution in [-0.2, 0) is 0 Å². The molecule has 1 N–H and O–H groups in total. The summed E-state index contributed by atoms with van der Waals surface area (Å²) in [4.78, 5) is 8.79. The van der Waals surface area contributed by atoms with Crippen LogP contribution in [0, 0.1) is 6.92 Å². The zero-order valence-electron chi connectivity index (χ0n) is 9.34. The van der Waals surface area contributed by atoms with Gasteiger partial charge in [-0.1, -0.05) is 18.2 Å². The highest BCUT2D eigenvalue weighted by atomic mass is 32.1. The van der Waals surface area contributed by atoms with Crippen LogP contribution >= 0.6 is 11.3 Å². The van der Waals surface area contributed by atoms with Crippen LogP contribution in [0.2, 0.25) is 0 Å². The van der Waals surface area contributed by atoms with Crippen LogP contribution in [0.25, 0.3) is 10.9 Å². The highest BCUT2D eigenvalue weighted by Gasteiger charge is 2.03. The van der Waals surface area contributed by atoms with Gasteiger partial charge in [0.2, 0.25) is 0 Å². The summed E-state index contributed by atoms with van der Waals surface area (Å²) in [5, 5.41) is 7.38. The number of para-hydroxylation sites is 1. The van der Waals surface area contributed by atoms with Crippen molar-refractivity contribution in [2.45, 2.75) is 6.92 Å². The number of fused-ring (bicyclic) bond motifs is 1. The molecule has 0 radical (unpaired) electrons. The first-order chi connectivity index (χ1) is 8.33. The highest BCUT2D eigenvalue weighted by molar-refractivity contribution is 7.13. The Balaban J connectivity index is 2.05. The van der Waals surface area contributed by atoms with Gasteiger partial charge in [-0.25, -0.2) is 4.98 Å². The lowest BCUT2D eigenvalue weighted by molar-refractivity contribution is 1.26. The molecule has 0 unspecified atom stereocenters. The second-order valence-corrected chi connectivity index (χ2v) is 4.66. The molecule has 0 aliphatic carbocycles. The van der Waals surface area contributed by atoms with Crippen LogP contribution in [0.15, 0.2) is 41.9 Å². The van der Waals surface area contributed by atoms with E-state index in [4.69, 9.17) is 0 Å². The first-order valence-electron chi connectivity index (χ1n) is 5.36. The van der Waals surface area contributed by atoms with Crippen molar-refractivity contribution < 1.29 is 0 Å². The molecule has 0 saturated carbocycles. The SMILES string of the molecule is Cc1csc(Nc2cccc3cccnc23)n1. The Morgan fingerprint density at radius 2 is 2.06 bits per heavy atom. The van der Waals surface area contributed by atoms with Gasteiger partial charge in [-0.2, -0.15) is 0 Å². The van der Waals surface area contributed by atoms with Gasteiger partial charge in [-0.15, -0.1) is 11.3 Å². The Labute approximate surface area is 103 Å². The first-order valence-corrected chi connectivity index (χ1v) is 6.24. The molecule has 84 valence electrons. The lowest BCUT2D eigenvalue weighted by atomic mass is 10.2. The third kappa shape index (κ3) is 1.99. The van der Waals surface area contributed by atoms with E-state index in [1.165, 1.54) is 0 Å². The average molecular weight is 241 g/mol. The number of nitrogens with one attached hydrogen (secondary N) is 1. The Kier molecular flexibility index (Phi) is 2.49. The summed E-state index contributed by atoms with van der Waals surface area (Å²) in [6.45, 7) is 1.99. The Bertz CT molecular complexity index is 655. The minimum Gasteiger partial charge on any atom is -0.330 e. The molecule has 0 fully saturated rings. The molecule has 0 saturated heterocycles. The van der Waals surface area contributed by atoms with Crippen molar-refractivity contribution in [2.24, 2.45) is 0 Å². The van der Waals surface area contributed by atoms with Crippen molar-refractivity contribution in [3.8, 4) is 0 Å². The smallest absolute Gasteiger partial charge is 0.187 e. The number of hydrogen-bond donors (Lipinski definition) is 1. The van der Waals surface area contributed by atoms with Gasteiger partial charge in [-0.3, -0.25) is 4.98 Å². The second kappa shape index (κ2) is 4.14. The normalized spacial score (nSPS) is 10.6. The molecular weight excluding hydrogens is 230 g/mol. The molecule has 0 atom stereocenters. The highest BCUT2D eigenvalue weighted by Crippen LogP contribution is 2.26. The largest absolute Gasteiger partial charge is 0.330 e. The predicted octanol–water partition coefficient (Wildman–Crippen LogP) is 3.74. The standard InChI is InChI=1S/C13H11N3S/c1-9-8-17-13(15-9)16-11-6-2-4-10-5-3-7-14-12(10)11/h2-8H,1H3,(H,15,16). The fourth-order valence-electron chi connectivity index (χ4n) is 1.73. The lowest BCUT2D eigenvalue weighted by Crippen LogP contribution is -1.92. The lowest BCUT2D eigenvalue weighted by Gasteiger charge is -2.05. The summed E-state index contributed by atoms with van der Waals surface area (Å²) < 4.78 is 0. The van der Waals surface area contributed by atoms with E-state index in [2.05, 4.69) is 27.4 Å². The van der Waals surface area contributed by atoms with Crippen molar-refractivity contribution >= 4 is 33.1 Å². The minimum absolute atomic E-state index is 0.903. The first kappa shape index (κ1) is 10.2. The monoisotopic (exact) mass is 241 g/mol. The number of nitrogens with zero attached hydrogens (tertiary/aromatic N) is 2. The van der Waals surface area contributed by atoms with E-state index >= 15 is 0 Å². The van der Waals surface area contributed by atoms with Crippen LogP contribution in [0.1, 0.15) is 5.69 Å². The van der Waals surface area contributed by atoms with Crippen LogP contribution in [0.4, 0.5) is 10.8 Å². The van der Waals surface area contributed by atoms with Gasteiger partial charge < -0.3 is 5.32 Å². The van der Waals surface area contributed by atoms with Crippen molar-refractivity contribution in [3.05, 3.63) is 47.6 Å². The number of rotatable bonds is 2. The molecule has 3 rings (SSSR count). The summed E-state index contributed by atoms with van der Waals surface area (Å²) >= 11 is 1.60. The van der Waals surface area contributed by atoms with E-state index in [9.17, 15) is 0 Å². The van der Waals surface area contributed by atoms with Gasteiger partial charge >= 0.3 is 0 Å². The zero-order valence-corrected chi connectivity index (χ0v) is 10.2. The Morgan fingerprint density at radius 1 is 1.18 bits per heavy atom. The maximum absolute atomic E-state index is 4.40. The fourth-order valence-corrected chi connectivity index (χ4v) is 2.43. The number of aryl methyl sites for hydroxylation is 1. The van der Waals surface area contributed by atoms with Gasteiger partial charge in [-0.05, 0) is 19.1 Å². The minimum atomic E-state index is 0.903. The summed E-state index contributed by atoms with van der Waals surface area (Å²) in [7, 11) is 0. The Hall–Kier alpha value is -1.94. The van der Waals surface area contributed by atoms with Crippen molar-refractivity contribution in [2.75, 3.05) is 5.32 Å². The third-order valence-corrected chi connectivity index (χ3v) is 3.37. The molecule has 0 bridgehead atoms. The predicted molar refractivity (Wildman–Crippen MR) is 71.9 cm³/mol. The van der Waals surface area contributed by atoms with E-state index < -0.39 is 0 Å². The number of benzene rings is 1. The summed E-state index contributed by atoms with van der Waals surface area (Å²) in [6, 6.07) is 10.1.